The lowest BCUT2D eigenvalue weighted by atomic mass is 10.0. The van der Waals surface area contributed by atoms with Crippen LogP contribution in [-0.2, 0) is 0 Å². The second-order valence-corrected chi connectivity index (χ2v) is 4.25. The molecule has 2 atom stereocenters. The summed E-state index contributed by atoms with van der Waals surface area (Å²) in [5.74, 6) is -0.458. The third-order valence-electron chi connectivity index (χ3n) is 2.97. The largest absolute Gasteiger partial charge is 0.486 e. The molecule has 0 aromatic heterocycles. The Kier molecular flexibility index (Phi) is 3.48. The van der Waals surface area contributed by atoms with E-state index >= 15 is 0 Å². The number of rotatable bonds is 3. The summed E-state index contributed by atoms with van der Waals surface area (Å²) in [5, 5.41) is 30.6. The third kappa shape index (κ3) is 2.29. The maximum absolute atomic E-state index is 13.4. The van der Waals surface area contributed by atoms with E-state index in [0.29, 0.717) is 6.54 Å². The van der Waals surface area contributed by atoms with Gasteiger partial charge < -0.3 is 20.3 Å². The molecule has 0 unspecified atom stereocenters. The van der Waals surface area contributed by atoms with Gasteiger partial charge >= 0.3 is 0 Å². The smallest absolute Gasteiger partial charge is 0.144 e. The van der Waals surface area contributed by atoms with E-state index in [1.807, 2.05) is 0 Å². The summed E-state index contributed by atoms with van der Waals surface area (Å²) in [6.45, 7) is 0.134. The van der Waals surface area contributed by atoms with Gasteiger partial charge in [0.15, 0.2) is 0 Å². The van der Waals surface area contributed by atoms with Gasteiger partial charge in [-0.1, -0.05) is 0 Å². The van der Waals surface area contributed by atoms with Gasteiger partial charge in [-0.05, 0) is 12.1 Å². The monoisotopic (exact) mass is 252 g/mol. The van der Waals surface area contributed by atoms with Crippen LogP contribution in [0.4, 0.5) is 4.39 Å². The number of nitrogens with one attached hydrogen (secondary N) is 1. The highest BCUT2D eigenvalue weighted by Gasteiger charge is 2.42. The van der Waals surface area contributed by atoms with Gasteiger partial charge in [-0.15, -0.1) is 0 Å². The lowest BCUT2D eigenvalue weighted by Crippen LogP contribution is -2.48. The van der Waals surface area contributed by atoms with Gasteiger partial charge in [0, 0.05) is 19.2 Å². The molecule has 3 N–H and O–H groups in total. The molecule has 1 fully saturated rings. The van der Waals surface area contributed by atoms with E-state index < -0.39 is 24.1 Å². The molecule has 1 aromatic carbocycles. The quantitative estimate of drug-likeness (QED) is 0.692. The molecule has 0 amide bonds. The van der Waals surface area contributed by atoms with E-state index in [1.165, 1.54) is 12.1 Å². The summed E-state index contributed by atoms with van der Waals surface area (Å²) in [6.07, 6.45) is -0.658. The Morgan fingerprint density at radius 1 is 1.61 bits per heavy atom. The Labute approximate surface area is 103 Å². The third-order valence-corrected chi connectivity index (χ3v) is 2.97. The zero-order chi connectivity index (χ0) is 13.2. The molecule has 5 nitrogen and oxygen atoms in total. The maximum Gasteiger partial charge on any atom is 0.144 e. The van der Waals surface area contributed by atoms with Crippen molar-refractivity contribution in [1.29, 1.82) is 5.26 Å². The highest BCUT2D eigenvalue weighted by molar-refractivity contribution is 5.36. The van der Waals surface area contributed by atoms with E-state index in [2.05, 4.69) is 5.32 Å². The maximum atomic E-state index is 13.4. The van der Waals surface area contributed by atoms with Gasteiger partial charge in [-0.25, -0.2) is 4.39 Å². The molecule has 0 radical (unpaired) electrons. The summed E-state index contributed by atoms with van der Waals surface area (Å²) in [7, 11) is 0. The predicted molar refractivity (Wildman–Crippen MR) is 60.4 cm³/mol. The minimum atomic E-state index is -1.37. The standard InChI is InChI=1S/C12H13FN2O3/c13-10-3-9(2-1-8(10)4-14)18-11-5-15-6-12(11,17)7-16/h1-3,11,15-17H,5-7H2/t11-,12+/m0/s1. The molecule has 2 rings (SSSR count). The van der Waals surface area contributed by atoms with Crippen LogP contribution >= 0.6 is 0 Å². The lowest BCUT2D eigenvalue weighted by molar-refractivity contribution is -0.0632. The molecule has 1 aliphatic rings. The molecule has 1 saturated heterocycles. The van der Waals surface area contributed by atoms with Crippen molar-refractivity contribution in [3.8, 4) is 11.8 Å². The van der Waals surface area contributed by atoms with Gasteiger partial charge in [0.05, 0.1) is 12.2 Å². The van der Waals surface area contributed by atoms with Crippen molar-refractivity contribution in [3.63, 3.8) is 0 Å². The fourth-order valence-corrected chi connectivity index (χ4v) is 1.86. The Morgan fingerprint density at radius 3 is 3.00 bits per heavy atom. The fourth-order valence-electron chi connectivity index (χ4n) is 1.86. The minimum Gasteiger partial charge on any atom is -0.486 e. The number of aliphatic hydroxyl groups excluding tert-OH is 1. The topological polar surface area (TPSA) is 85.5 Å². The van der Waals surface area contributed by atoms with E-state index in [1.54, 1.807) is 6.07 Å². The summed E-state index contributed by atoms with van der Waals surface area (Å²) < 4.78 is 18.8. The zero-order valence-electron chi connectivity index (χ0n) is 9.56. The van der Waals surface area contributed by atoms with Crippen LogP contribution in [0.5, 0.6) is 5.75 Å². The molecule has 6 heteroatoms. The van der Waals surface area contributed by atoms with E-state index in [-0.39, 0.29) is 17.9 Å². The van der Waals surface area contributed by atoms with Gasteiger partial charge in [-0.3, -0.25) is 0 Å². The van der Waals surface area contributed by atoms with Gasteiger partial charge in [0.25, 0.3) is 0 Å². The first-order valence-electron chi connectivity index (χ1n) is 5.49. The van der Waals surface area contributed by atoms with Crippen molar-refractivity contribution in [2.75, 3.05) is 19.7 Å². The van der Waals surface area contributed by atoms with Gasteiger partial charge in [0.2, 0.25) is 0 Å². The number of nitrogens with zero attached hydrogens (tertiary/aromatic N) is 1. The Morgan fingerprint density at radius 2 is 2.39 bits per heavy atom. The van der Waals surface area contributed by atoms with E-state index in [4.69, 9.17) is 15.1 Å². The van der Waals surface area contributed by atoms with Crippen LogP contribution in [0.2, 0.25) is 0 Å². The van der Waals surface area contributed by atoms with E-state index in [0.717, 1.165) is 6.07 Å². The number of halogens is 1. The number of β-amino-alcohol motifs (C(OH)–C–C–N with tert-alkyl or cyclic N) is 1. The number of hydrogen-bond donors (Lipinski definition) is 3. The molecule has 1 aliphatic heterocycles. The van der Waals surface area contributed by atoms with Crippen LogP contribution < -0.4 is 10.1 Å². The average Bonchev–Trinajstić information content (AvgIpc) is 2.72. The van der Waals surface area contributed by atoms with Crippen molar-refractivity contribution in [2.45, 2.75) is 11.7 Å². The van der Waals surface area contributed by atoms with Crippen molar-refractivity contribution >= 4 is 0 Å². The second kappa shape index (κ2) is 4.90. The molecule has 0 aliphatic carbocycles. The second-order valence-electron chi connectivity index (χ2n) is 4.25. The van der Waals surface area contributed by atoms with Crippen LogP contribution in [0, 0.1) is 17.1 Å². The SMILES string of the molecule is N#Cc1ccc(O[C@H]2CNC[C@@]2(O)CO)cc1F. The highest BCUT2D eigenvalue weighted by Crippen LogP contribution is 2.23. The summed E-state index contributed by atoms with van der Waals surface area (Å²) in [5.41, 5.74) is -1.44. The number of hydrogen-bond acceptors (Lipinski definition) is 5. The van der Waals surface area contributed by atoms with Crippen LogP contribution in [-0.4, -0.2) is 41.6 Å². The first-order valence-corrected chi connectivity index (χ1v) is 5.49. The van der Waals surface area contributed by atoms with Gasteiger partial charge in [0.1, 0.15) is 29.3 Å². The molecule has 0 bridgehead atoms. The van der Waals surface area contributed by atoms with Crippen LogP contribution in [0.1, 0.15) is 5.56 Å². The molecule has 0 saturated carbocycles. The van der Waals surface area contributed by atoms with E-state index in [9.17, 15) is 9.50 Å². The van der Waals surface area contributed by atoms with Crippen LogP contribution in [0.15, 0.2) is 18.2 Å². The lowest BCUT2D eigenvalue weighted by Gasteiger charge is -2.27. The van der Waals surface area contributed by atoms with Crippen molar-refractivity contribution < 1.29 is 19.3 Å². The Balaban J connectivity index is 2.15. The average molecular weight is 252 g/mol. The first kappa shape index (κ1) is 12.8. The summed E-state index contributed by atoms with van der Waals surface area (Å²) >= 11 is 0. The molecule has 18 heavy (non-hydrogen) atoms. The van der Waals surface area contributed by atoms with Crippen molar-refractivity contribution in [2.24, 2.45) is 0 Å². The van der Waals surface area contributed by atoms with Crippen molar-refractivity contribution in [1.82, 2.24) is 5.32 Å². The number of aliphatic hydroxyl groups is 2. The fraction of sp³-hybridized carbons (Fsp3) is 0.417. The molecular formula is C12H13FN2O3. The molecule has 96 valence electrons. The predicted octanol–water partition coefficient (Wildman–Crippen LogP) is -0.229. The summed E-state index contributed by atoms with van der Waals surface area (Å²) in [6, 6.07) is 5.57. The number of nitriles is 1. The zero-order valence-corrected chi connectivity index (χ0v) is 9.56. The first-order chi connectivity index (χ1) is 8.59. The number of benzene rings is 1. The molecule has 1 heterocycles. The molecular weight excluding hydrogens is 239 g/mol. The number of ether oxygens (including phenoxy) is 1. The van der Waals surface area contributed by atoms with Crippen LogP contribution in [0.25, 0.3) is 0 Å². The Bertz CT molecular complexity index is 489. The normalized spacial score (nSPS) is 26.9. The minimum absolute atomic E-state index is 0.0654. The van der Waals surface area contributed by atoms with Crippen molar-refractivity contribution in [3.05, 3.63) is 29.6 Å². The molecule has 0 spiro atoms. The Hall–Kier alpha value is -1.68. The molecule has 1 aromatic rings. The van der Waals surface area contributed by atoms with Gasteiger partial charge in [-0.2, -0.15) is 5.26 Å². The highest BCUT2D eigenvalue weighted by atomic mass is 19.1. The van der Waals surface area contributed by atoms with Crippen LogP contribution in [0.3, 0.4) is 0 Å². The summed E-state index contributed by atoms with van der Waals surface area (Å²) in [4.78, 5) is 0.